The zero-order valence-corrected chi connectivity index (χ0v) is 10.2. The van der Waals surface area contributed by atoms with Gasteiger partial charge in [-0.1, -0.05) is 6.42 Å². The van der Waals surface area contributed by atoms with Crippen molar-refractivity contribution in [1.29, 1.82) is 0 Å². The summed E-state index contributed by atoms with van der Waals surface area (Å²) >= 11 is 0. The van der Waals surface area contributed by atoms with Gasteiger partial charge in [0.05, 0.1) is 17.6 Å². The molecule has 2 atom stereocenters. The second-order valence-corrected chi connectivity index (χ2v) is 4.88. The Morgan fingerprint density at radius 3 is 2.56 bits per heavy atom. The first-order valence-corrected chi connectivity index (χ1v) is 6.13. The van der Waals surface area contributed by atoms with Gasteiger partial charge in [0.2, 0.25) is 0 Å². The lowest BCUT2D eigenvalue weighted by molar-refractivity contribution is 0.0938. The van der Waals surface area contributed by atoms with E-state index in [0.29, 0.717) is 12.1 Å². The van der Waals surface area contributed by atoms with E-state index in [1.54, 1.807) is 6.20 Å². The Morgan fingerprint density at radius 2 is 2.00 bits per heavy atom. The maximum Gasteiger partial charge on any atom is 0.0545 e. The second-order valence-electron chi connectivity index (χ2n) is 4.88. The Balaban J connectivity index is 2.04. The monoisotopic (exact) mass is 219 g/mol. The van der Waals surface area contributed by atoms with Gasteiger partial charge < -0.3 is 5.73 Å². The van der Waals surface area contributed by atoms with Crippen LogP contribution in [-0.2, 0) is 6.54 Å². The van der Waals surface area contributed by atoms with Crippen LogP contribution in [0.5, 0.6) is 0 Å². The molecular formula is C13H21N3. The highest BCUT2D eigenvalue weighted by atomic mass is 15.2. The molecule has 16 heavy (non-hydrogen) atoms. The number of pyridine rings is 1. The van der Waals surface area contributed by atoms with E-state index in [0.717, 1.165) is 17.9 Å². The summed E-state index contributed by atoms with van der Waals surface area (Å²) < 4.78 is 0. The first-order chi connectivity index (χ1) is 7.66. The van der Waals surface area contributed by atoms with Gasteiger partial charge in [0.1, 0.15) is 0 Å². The molecule has 88 valence electrons. The largest absolute Gasteiger partial charge is 0.397 e. The van der Waals surface area contributed by atoms with Crippen molar-refractivity contribution in [2.24, 2.45) is 0 Å². The summed E-state index contributed by atoms with van der Waals surface area (Å²) in [6.07, 6.45) is 5.71. The molecule has 0 spiro atoms. The number of nitrogens with two attached hydrogens (primary N) is 1. The van der Waals surface area contributed by atoms with Crippen molar-refractivity contribution in [3.05, 3.63) is 24.0 Å². The van der Waals surface area contributed by atoms with E-state index in [4.69, 9.17) is 5.73 Å². The molecule has 1 aliphatic heterocycles. The highest BCUT2D eigenvalue weighted by Crippen LogP contribution is 2.24. The molecule has 2 N–H and O–H groups in total. The van der Waals surface area contributed by atoms with Crippen LogP contribution in [0, 0.1) is 0 Å². The van der Waals surface area contributed by atoms with E-state index in [2.05, 4.69) is 23.7 Å². The van der Waals surface area contributed by atoms with E-state index in [-0.39, 0.29) is 0 Å². The standard InChI is InChI=1S/C13H21N3/c1-10-4-3-5-11(2)16(10)9-13-7-6-12(14)8-15-13/h6-8,10-11H,3-5,9,14H2,1-2H3/t10-,11+. The summed E-state index contributed by atoms with van der Waals surface area (Å²) in [6.45, 7) is 5.57. The maximum atomic E-state index is 5.64. The number of nitrogen functional groups attached to an aromatic ring is 1. The van der Waals surface area contributed by atoms with Crippen molar-refractivity contribution < 1.29 is 0 Å². The molecule has 3 nitrogen and oxygen atoms in total. The predicted octanol–water partition coefficient (Wildman–Crippen LogP) is 2.43. The van der Waals surface area contributed by atoms with Crippen molar-refractivity contribution in [2.75, 3.05) is 5.73 Å². The average Bonchev–Trinajstić information content (AvgIpc) is 2.26. The van der Waals surface area contributed by atoms with Gasteiger partial charge in [0.15, 0.2) is 0 Å². The minimum absolute atomic E-state index is 0.670. The summed E-state index contributed by atoms with van der Waals surface area (Å²) in [4.78, 5) is 6.92. The third kappa shape index (κ3) is 2.53. The smallest absolute Gasteiger partial charge is 0.0545 e. The van der Waals surface area contributed by atoms with Crippen LogP contribution in [0.1, 0.15) is 38.8 Å². The van der Waals surface area contributed by atoms with Crippen LogP contribution in [0.3, 0.4) is 0 Å². The lowest BCUT2D eigenvalue weighted by Gasteiger charge is -2.38. The van der Waals surface area contributed by atoms with Gasteiger partial charge in [0.25, 0.3) is 0 Å². The summed E-state index contributed by atoms with van der Waals surface area (Å²) in [6, 6.07) is 5.30. The molecule has 1 saturated heterocycles. The highest BCUT2D eigenvalue weighted by Gasteiger charge is 2.24. The molecule has 0 bridgehead atoms. The van der Waals surface area contributed by atoms with Gasteiger partial charge in [0, 0.05) is 18.6 Å². The zero-order chi connectivity index (χ0) is 11.5. The van der Waals surface area contributed by atoms with E-state index < -0.39 is 0 Å². The first-order valence-electron chi connectivity index (χ1n) is 6.13. The molecule has 3 heteroatoms. The minimum Gasteiger partial charge on any atom is -0.397 e. The molecule has 0 radical (unpaired) electrons. The topological polar surface area (TPSA) is 42.1 Å². The van der Waals surface area contributed by atoms with E-state index >= 15 is 0 Å². The zero-order valence-electron chi connectivity index (χ0n) is 10.2. The van der Waals surface area contributed by atoms with Crippen LogP contribution in [0.25, 0.3) is 0 Å². The van der Waals surface area contributed by atoms with Crippen LogP contribution in [-0.4, -0.2) is 22.0 Å². The van der Waals surface area contributed by atoms with E-state index in [9.17, 15) is 0 Å². The van der Waals surface area contributed by atoms with Crippen LogP contribution in [0.4, 0.5) is 5.69 Å². The average molecular weight is 219 g/mol. The van der Waals surface area contributed by atoms with Crippen molar-refractivity contribution in [2.45, 2.75) is 51.7 Å². The van der Waals surface area contributed by atoms with Gasteiger partial charge in [-0.25, -0.2) is 0 Å². The van der Waals surface area contributed by atoms with E-state index in [1.807, 2.05) is 12.1 Å². The number of nitrogens with zero attached hydrogens (tertiary/aromatic N) is 2. The number of likely N-dealkylation sites (tertiary alicyclic amines) is 1. The Bertz CT molecular complexity index is 324. The third-order valence-electron chi connectivity index (χ3n) is 3.57. The quantitative estimate of drug-likeness (QED) is 0.830. The first kappa shape index (κ1) is 11.4. The van der Waals surface area contributed by atoms with Gasteiger partial charge in [-0.15, -0.1) is 0 Å². The fourth-order valence-corrected chi connectivity index (χ4v) is 2.50. The number of piperidine rings is 1. The fourth-order valence-electron chi connectivity index (χ4n) is 2.50. The Morgan fingerprint density at radius 1 is 1.31 bits per heavy atom. The molecule has 2 rings (SSSR count). The molecule has 0 saturated carbocycles. The molecule has 1 aromatic heterocycles. The van der Waals surface area contributed by atoms with E-state index in [1.165, 1.54) is 19.3 Å². The lowest BCUT2D eigenvalue weighted by atomic mass is 9.97. The summed E-state index contributed by atoms with van der Waals surface area (Å²) in [5.41, 5.74) is 7.50. The third-order valence-corrected chi connectivity index (χ3v) is 3.57. The number of aromatic nitrogens is 1. The minimum atomic E-state index is 0.670. The molecule has 0 amide bonds. The van der Waals surface area contributed by atoms with Gasteiger partial charge in [-0.05, 0) is 38.8 Å². The number of hydrogen-bond donors (Lipinski definition) is 1. The number of rotatable bonds is 2. The summed E-state index contributed by atoms with van der Waals surface area (Å²) in [5, 5.41) is 0. The molecule has 0 aliphatic carbocycles. The van der Waals surface area contributed by atoms with Gasteiger partial charge in [-0.2, -0.15) is 0 Å². The molecule has 1 fully saturated rings. The molecular weight excluding hydrogens is 198 g/mol. The molecule has 1 aliphatic rings. The maximum absolute atomic E-state index is 5.64. The lowest BCUT2D eigenvalue weighted by Crippen LogP contribution is -2.43. The Hall–Kier alpha value is -1.09. The van der Waals surface area contributed by atoms with Crippen LogP contribution in [0.15, 0.2) is 18.3 Å². The van der Waals surface area contributed by atoms with Crippen molar-refractivity contribution in [3.63, 3.8) is 0 Å². The number of anilines is 1. The molecule has 0 unspecified atom stereocenters. The second kappa shape index (κ2) is 4.83. The Labute approximate surface area is 97.7 Å². The Kier molecular flexibility index (Phi) is 3.44. The van der Waals surface area contributed by atoms with Crippen molar-refractivity contribution in [3.8, 4) is 0 Å². The van der Waals surface area contributed by atoms with Crippen molar-refractivity contribution in [1.82, 2.24) is 9.88 Å². The molecule has 2 heterocycles. The van der Waals surface area contributed by atoms with Gasteiger partial charge >= 0.3 is 0 Å². The number of hydrogen-bond acceptors (Lipinski definition) is 3. The van der Waals surface area contributed by atoms with Gasteiger partial charge in [-0.3, -0.25) is 9.88 Å². The fraction of sp³-hybridized carbons (Fsp3) is 0.615. The SMILES string of the molecule is C[C@@H]1CCC[C@H](C)N1Cc1ccc(N)cn1. The van der Waals surface area contributed by atoms with Crippen molar-refractivity contribution >= 4 is 5.69 Å². The summed E-state index contributed by atoms with van der Waals surface area (Å²) in [7, 11) is 0. The highest BCUT2D eigenvalue weighted by molar-refractivity contribution is 5.34. The predicted molar refractivity (Wildman–Crippen MR) is 67.0 cm³/mol. The summed E-state index contributed by atoms with van der Waals surface area (Å²) in [5.74, 6) is 0. The molecule has 0 aromatic carbocycles. The van der Waals surface area contributed by atoms with Crippen LogP contribution in [0.2, 0.25) is 0 Å². The normalized spacial score (nSPS) is 26.9. The van der Waals surface area contributed by atoms with Crippen LogP contribution >= 0.6 is 0 Å². The van der Waals surface area contributed by atoms with Crippen LogP contribution < -0.4 is 5.73 Å². The molecule has 1 aromatic rings.